The van der Waals surface area contributed by atoms with E-state index in [1.807, 2.05) is 12.1 Å². The van der Waals surface area contributed by atoms with Gasteiger partial charge in [0.2, 0.25) is 0 Å². The average Bonchev–Trinajstić information content (AvgIpc) is 2.53. The van der Waals surface area contributed by atoms with E-state index >= 15 is 0 Å². The van der Waals surface area contributed by atoms with E-state index in [9.17, 15) is 4.79 Å². The third-order valence-electron chi connectivity index (χ3n) is 5.10. The summed E-state index contributed by atoms with van der Waals surface area (Å²) in [5.41, 5.74) is 4.67. The molecule has 124 valence electrons. The van der Waals surface area contributed by atoms with Crippen molar-refractivity contribution in [3.63, 3.8) is 0 Å². The topological polar surface area (TPSA) is 37.3 Å². The molecule has 2 heteroatoms. The largest absolute Gasteiger partial charge is 0.478 e. The molecular formula is C22H24O2. The van der Waals surface area contributed by atoms with Crippen LogP contribution in [0.15, 0.2) is 53.6 Å². The van der Waals surface area contributed by atoms with E-state index < -0.39 is 5.97 Å². The summed E-state index contributed by atoms with van der Waals surface area (Å²) in [5, 5.41) is 11.1. The first kappa shape index (κ1) is 16.5. The smallest absolute Gasteiger partial charge is 0.335 e. The minimum absolute atomic E-state index is 0.242. The summed E-state index contributed by atoms with van der Waals surface area (Å²) in [6.45, 7) is 6.89. The Morgan fingerprint density at radius 1 is 1.08 bits per heavy atom. The minimum Gasteiger partial charge on any atom is -0.478 e. The Labute approximate surface area is 143 Å². The molecule has 0 fully saturated rings. The Morgan fingerprint density at radius 2 is 1.79 bits per heavy atom. The number of rotatable bonds is 3. The molecule has 0 saturated heterocycles. The van der Waals surface area contributed by atoms with Crippen molar-refractivity contribution in [3.05, 3.63) is 64.7 Å². The lowest BCUT2D eigenvalue weighted by Crippen LogP contribution is -2.18. The maximum atomic E-state index is 11.1. The van der Waals surface area contributed by atoms with Gasteiger partial charge in [-0.15, -0.1) is 0 Å². The maximum Gasteiger partial charge on any atom is 0.335 e. The molecule has 0 spiro atoms. The van der Waals surface area contributed by atoms with Crippen LogP contribution in [0.5, 0.6) is 0 Å². The van der Waals surface area contributed by atoms with Crippen LogP contribution in [0.1, 0.15) is 56.0 Å². The third kappa shape index (κ3) is 3.28. The van der Waals surface area contributed by atoms with E-state index in [4.69, 9.17) is 5.11 Å². The lowest BCUT2D eigenvalue weighted by Gasteiger charge is -2.32. The fraction of sp³-hybridized carbons (Fsp3) is 0.318. The van der Waals surface area contributed by atoms with Gasteiger partial charge in [-0.25, -0.2) is 4.79 Å². The van der Waals surface area contributed by atoms with Crippen LogP contribution < -0.4 is 0 Å². The molecule has 0 saturated carbocycles. The third-order valence-corrected chi connectivity index (χ3v) is 5.10. The summed E-state index contributed by atoms with van der Waals surface area (Å²) in [7, 11) is 0. The highest BCUT2D eigenvalue weighted by atomic mass is 16.4. The molecule has 3 rings (SSSR count). The lowest BCUT2D eigenvalue weighted by atomic mass is 9.72. The standard InChI is InChI=1S/C22H24O2/c1-15-5-4-12-22(2,3)20(15)11-7-16-6-8-18-14-19(21(23)24)10-9-17(18)13-16/h6-11,13-14H,4-5,12H2,1-3H3,(H,23,24)/b11-7+. The number of carboxylic acid groups (broad SMARTS) is 1. The number of hydrogen-bond acceptors (Lipinski definition) is 1. The van der Waals surface area contributed by atoms with E-state index in [2.05, 4.69) is 45.1 Å². The molecule has 0 heterocycles. The van der Waals surface area contributed by atoms with Crippen molar-refractivity contribution in [1.29, 1.82) is 0 Å². The molecule has 2 aromatic rings. The molecule has 0 aliphatic heterocycles. The average molecular weight is 320 g/mol. The Balaban J connectivity index is 1.93. The van der Waals surface area contributed by atoms with Gasteiger partial charge in [0, 0.05) is 0 Å². The van der Waals surface area contributed by atoms with Crippen LogP contribution >= 0.6 is 0 Å². The van der Waals surface area contributed by atoms with Crippen molar-refractivity contribution >= 4 is 22.8 Å². The van der Waals surface area contributed by atoms with Gasteiger partial charge < -0.3 is 5.11 Å². The fourth-order valence-electron chi connectivity index (χ4n) is 3.69. The molecule has 1 aliphatic rings. The van der Waals surface area contributed by atoms with Crippen molar-refractivity contribution < 1.29 is 9.90 Å². The number of benzene rings is 2. The first-order valence-electron chi connectivity index (χ1n) is 8.52. The second-order valence-corrected chi connectivity index (χ2v) is 7.39. The Hall–Kier alpha value is -2.35. The van der Waals surface area contributed by atoms with Crippen LogP contribution in [0.25, 0.3) is 16.8 Å². The van der Waals surface area contributed by atoms with Gasteiger partial charge in [0.1, 0.15) is 0 Å². The highest BCUT2D eigenvalue weighted by molar-refractivity contribution is 5.95. The second kappa shape index (κ2) is 6.27. The second-order valence-electron chi connectivity index (χ2n) is 7.39. The molecule has 2 nitrogen and oxygen atoms in total. The van der Waals surface area contributed by atoms with Gasteiger partial charge >= 0.3 is 5.97 Å². The molecule has 24 heavy (non-hydrogen) atoms. The molecule has 0 atom stereocenters. The van der Waals surface area contributed by atoms with Gasteiger partial charge in [0.25, 0.3) is 0 Å². The Morgan fingerprint density at radius 3 is 2.50 bits per heavy atom. The molecule has 1 aliphatic carbocycles. The van der Waals surface area contributed by atoms with Crippen LogP contribution in [-0.4, -0.2) is 11.1 Å². The Bertz CT molecular complexity index is 853. The molecule has 0 bridgehead atoms. The van der Waals surface area contributed by atoms with Gasteiger partial charge in [-0.3, -0.25) is 0 Å². The van der Waals surface area contributed by atoms with Crippen LogP contribution in [-0.2, 0) is 0 Å². The highest BCUT2D eigenvalue weighted by Crippen LogP contribution is 2.41. The SMILES string of the molecule is CC1=C(/C=C/c2ccc3cc(C(=O)O)ccc3c2)C(C)(C)CCC1. The van der Waals surface area contributed by atoms with Crippen molar-refractivity contribution in [2.75, 3.05) is 0 Å². The van der Waals surface area contributed by atoms with E-state index in [0.29, 0.717) is 5.56 Å². The molecule has 2 aromatic carbocycles. The number of hydrogen-bond donors (Lipinski definition) is 1. The Kier molecular flexibility index (Phi) is 4.31. The van der Waals surface area contributed by atoms with Crippen LogP contribution in [0, 0.1) is 5.41 Å². The molecule has 0 radical (unpaired) electrons. The van der Waals surface area contributed by atoms with Gasteiger partial charge in [-0.2, -0.15) is 0 Å². The van der Waals surface area contributed by atoms with E-state index in [1.54, 1.807) is 12.1 Å². The first-order valence-corrected chi connectivity index (χ1v) is 8.52. The van der Waals surface area contributed by atoms with Crippen LogP contribution in [0.2, 0.25) is 0 Å². The monoisotopic (exact) mass is 320 g/mol. The normalized spacial score (nSPS) is 17.6. The molecule has 0 amide bonds. The number of aromatic carboxylic acids is 1. The first-order chi connectivity index (χ1) is 11.4. The summed E-state index contributed by atoms with van der Waals surface area (Å²) in [5.74, 6) is -0.886. The van der Waals surface area contributed by atoms with Gasteiger partial charge in [-0.1, -0.05) is 49.8 Å². The molecule has 1 N–H and O–H groups in total. The van der Waals surface area contributed by atoms with Crippen molar-refractivity contribution in [2.24, 2.45) is 5.41 Å². The van der Waals surface area contributed by atoms with Crippen LogP contribution in [0.4, 0.5) is 0 Å². The summed E-state index contributed by atoms with van der Waals surface area (Å²) in [6.07, 6.45) is 8.15. The predicted molar refractivity (Wildman–Crippen MR) is 100 cm³/mol. The van der Waals surface area contributed by atoms with Gasteiger partial charge in [-0.05, 0) is 71.7 Å². The number of carbonyl (C=O) groups is 1. The zero-order valence-electron chi connectivity index (χ0n) is 14.6. The van der Waals surface area contributed by atoms with Gasteiger partial charge in [0.05, 0.1) is 5.56 Å². The summed E-state index contributed by atoms with van der Waals surface area (Å²) >= 11 is 0. The van der Waals surface area contributed by atoms with E-state index in [-0.39, 0.29) is 5.41 Å². The van der Waals surface area contributed by atoms with Crippen LogP contribution in [0.3, 0.4) is 0 Å². The summed E-state index contributed by atoms with van der Waals surface area (Å²) in [6, 6.07) is 11.4. The fourth-order valence-corrected chi connectivity index (χ4v) is 3.69. The molecule has 0 aromatic heterocycles. The van der Waals surface area contributed by atoms with Crippen molar-refractivity contribution in [1.82, 2.24) is 0 Å². The highest BCUT2D eigenvalue weighted by Gasteiger charge is 2.26. The number of allylic oxidation sites excluding steroid dienone is 3. The maximum absolute atomic E-state index is 11.1. The zero-order valence-corrected chi connectivity index (χ0v) is 14.6. The zero-order chi connectivity index (χ0) is 17.3. The lowest BCUT2D eigenvalue weighted by molar-refractivity contribution is 0.0697. The summed E-state index contributed by atoms with van der Waals surface area (Å²) in [4.78, 5) is 11.1. The quantitative estimate of drug-likeness (QED) is 0.744. The number of carboxylic acids is 1. The van der Waals surface area contributed by atoms with Crippen molar-refractivity contribution in [2.45, 2.75) is 40.0 Å². The minimum atomic E-state index is -0.886. The molecule has 0 unspecified atom stereocenters. The predicted octanol–water partition coefficient (Wildman–Crippen LogP) is 6.08. The van der Waals surface area contributed by atoms with Gasteiger partial charge in [0.15, 0.2) is 0 Å². The van der Waals surface area contributed by atoms with E-state index in [0.717, 1.165) is 16.3 Å². The van der Waals surface area contributed by atoms with E-state index in [1.165, 1.54) is 30.4 Å². The number of fused-ring (bicyclic) bond motifs is 1. The molecular weight excluding hydrogens is 296 g/mol. The van der Waals surface area contributed by atoms with Crippen molar-refractivity contribution in [3.8, 4) is 0 Å². The summed E-state index contributed by atoms with van der Waals surface area (Å²) < 4.78 is 0.